The molecule has 4 rings (SSSR count). The predicted molar refractivity (Wildman–Crippen MR) is 120 cm³/mol. The summed E-state index contributed by atoms with van der Waals surface area (Å²) >= 11 is 1.33. The minimum absolute atomic E-state index is 0.00718. The number of carbonyl (C=O) groups excluding carboxylic acids is 1. The van der Waals surface area contributed by atoms with Gasteiger partial charge in [-0.15, -0.1) is 5.10 Å². The molecule has 1 amide bonds. The number of amides is 1. The molecule has 1 aromatic carbocycles. The van der Waals surface area contributed by atoms with Crippen LogP contribution in [0.3, 0.4) is 0 Å². The summed E-state index contributed by atoms with van der Waals surface area (Å²) in [5.74, 6) is 1.84. The van der Waals surface area contributed by atoms with E-state index in [0.29, 0.717) is 37.3 Å². The van der Waals surface area contributed by atoms with E-state index < -0.39 is 10.0 Å². The lowest BCUT2D eigenvalue weighted by Crippen LogP contribution is -2.51. The summed E-state index contributed by atoms with van der Waals surface area (Å²) in [5.41, 5.74) is 0.774. The quantitative estimate of drug-likeness (QED) is 0.603. The third-order valence-electron chi connectivity index (χ3n) is 5.97. The molecule has 2 fully saturated rings. The van der Waals surface area contributed by atoms with E-state index in [4.69, 9.17) is 0 Å². The molecule has 2 heterocycles. The number of piperazine rings is 1. The number of hydrogen-bond acceptors (Lipinski definition) is 6. The fourth-order valence-corrected chi connectivity index (χ4v) is 6.47. The molecule has 1 aromatic heterocycles. The Kier molecular flexibility index (Phi) is 7.29. The highest BCUT2D eigenvalue weighted by Gasteiger charge is 2.29. The van der Waals surface area contributed by atoms with Crippen molar-refractivity contribution in [2.24, 2.45) is 5.92 Å². The Labute approximate surface area is 187 Å². The third-order valence-corrected chi connectivity index (χ3v) is 8.65. The van der Waals surface area contributed by atoms with Crippen LogP contribution in [-0.4, -0.2) is 70.6 Å². The van der Waals surface area contributed by atoms with Gasteiger partial charge in [-0.25, -0.2) is 13.4 Å². The number of aromatic amines is 1. The molecular formula is C21H29N5O3S2. The first kappa shape index (κ1) is 22.3. The van der Waals surface area contributed by atoms with E-state index in [1.165, 1.54) is 41.8 Å². The first-order chi connectivity index (χ1) is 15.0. The van der Waals surface area contributed by atoms with Crippen LogP contribution in [0.2, 0.25) is 0 Å². The van der Waals surface area contributed by atoms with E-state index in [0.717, 1.165) is 17.8 Å². The summed E-state index contributed by atoms with van der Waals surface area (Å²) in [4.78, 5) is 18.8. The topological polar surface area (TPSA) is 99.3 Å². The lowest BCUT2D eigenvalue weighted by molar-refractivity contribution is -0.129. The summed E-state index contributed by atoms with van der Waals surface area (Å²) in [5, 5.41) is 7.83. The molecule has 0 spiro atoms. The largest absolute Gasteiger partial charge is 0.339 e. The number of rotatable bonds is 8. The Balaban J connectivity index is 1.22. The molecule has 2 aliphatic rings. The van der Waals surface area contributed by atoms with Gasteiger partial charge < -0.3 is 4.90 Å². The van der Waals surface area contributed by atoms with Crippen LogP contribution in [-0.2, 0) is 27.0 Å². The number of carbonyl (C=O) groups is 1. The van der Waals surface area contributed by atoms with Crippen molar-refractivity contribution in [3.63, 3.8) is 0 Å². The summed E-state index contributed by atoms with van der Waals surface area (Å²) < 4.78 is 26.8. The van der Waals surface area contributed by atoms with Crippen LogP contribution >= 0.6 is 11.8 Å². The van der Waals surface area contributed by atoms with Gasteiger partial charge in [0.15, 0.2) is 0 Å². The van der Waals surface area contributed by atoms with Crippen molar-refractivity contribution < 1.29 is 13.2 Å². The first-order valence-electron chi connectivity index (χ1n) is 10.8. The van der Waals surface area contributed by atoms with Gasteiger partial charge in [-0.2, -0.15) is 4.31 Å². The van der Waals surface area contributed by atoms with Crippen molar-refractivity contribution in [1.29, 1.82) is 0 Å². The normalized spacial score (nSPS) is 18.5. The number of nitrogens with one attached hydrogen (secondary N) is 1. The van der Waals surface area contributed by atoms with Gasteiger partial charge >= 0.3 is 0 Å². The molecule has 10 heteroatoms. The molecule has 1 N–H and O–H groups in total. The smallest absolute Gasteiger partial charge is 0.233 e. The molecule has 0 radical (unpaired) electrons. The number of H-pyrrole nitrogens is 1. The van der Waals surface area contributed by atoms with Crippen molar-refractivity contribution in [1.82, 2.24) is 24.4 Å². The van der Waals surface area contributed by atoms with Gasteiger partial charge in [0.05, 0.1) is 11.5 Å². The van der Waals surface area contributed by atoms with Crippen molar-refractivity contribution in [2.75, 3.05) is 31.9 Å². The second kappa shape index (κ2) is 10.1. The molecule has 1 saturated heterocycles. The van der Waals surface area contributed by atoms with E-state index in [1.807, 2.05) is 30.3 Å². The predicted octanol–water partition coefficient (Wildman–Crippen LogP) is 2.30. The van der Waals surface area contributed by atoms with Crippen molar-refractivity contribution in [3.8, 4) is 0 Å². The maximum atomic E-state index is 12.7. The average Bonchev–Trinajstić information content (AvgIpc) is 3.45. The lowest BCUT2D eigenvalue weighted by Gasteiger charge is -2.34. The second-order valence-corrected chi connectivity index (χ2v) is 11.1. The molecule has 1 aliphatic heterocycles. The molecule has 0 bridgehead atoms. The van der Waals surface area contributed by atoms with E-state index in [-0.39, 0.29) is 17.4 Å². The minimum atomic E-state index is -3.38. The molecule has 1 saturated carbocycles. The Hall–Kier alpha value is -1.91. The van der Waals surface area contributed by atoms with Gasteiger partial charge in [-0.05, 0) is 11.5 Å². The van der Waals surface area contributed by atoms with Gasteiger partial charge in [0, 0.05) is 32.6 Å². The van der Waals surface area contributed by atoms with Gasteiger partial charge in [-0.1, -0.05) is 67.8 Å². The van der Waals surface area contributed by atoms with Gasteiger partial charge in [0.25, 0.3) is 0 Å². The van der Waals surface area contributed by atoms with Crippen LogP contribution in [0, 0.1) is 5.92 Å². The van der Waals surface area contributed by atoms with Crippen LogP contribution in [0.15, 0.2) is 35.5 Å². The van der Waals surface area contributed by atoms with Crippen LogP contribution in [0.25, 0.3) is 0 Å². The zero-order valence-corrected chi connectivity index (χ0v) is 19.2. The van der Waals surface area contributed by atoms with E-state index in [2.05, 4.69) is 15.2 Å². The van der Waals surface area contributed by atoms with E-state index in [9.17, 15) is 13.2 Å². The molecule has 168 valence electrons. The van der Waals surface area contributed by atoms with Gasteiger partial charge in [-0.3, -0.25) is 9.89 Å². The number of thioether (sulfide) groups is 1. The zero-order valence-electron chi connectivity index (χ0n) is 17.6. The van der Waals surface area contributed by atoms with Crippen molar-refractivity contribution in [2.45, 2.75) is 43.0 Å². The SMILES string of the molecule is O=C(CSc1n[nH]c(CC2CCCC2)n1)N1CCN(S(=O)(=O)Cc2ccccc2)CC1. The lowest BCUT2D eigenvalue weighted by atomic mass is 10.0. The van der Waals surface area contributed by atoms with Gasteiger partial charge in [0.1, 0.15) is 5.82 Å². The highest BCUT2D eigenvalue weighted by atomic mass is 32.2. The fourth-order valence-electron chi connectivity index (χ4n) is 4.23. The Morgan fingerprint density at radius 3 is 2.52 bits per heavy atom. The maximum absolute atomic E-state index is 12.7. The summed E-state index contributed by atoms with van der Waals surface area (Å²) in [6, 6.07) is 9.18. The van der Waals surface area contributed by atoms with Crippen molar-refractivity contribution in [3.05, 3.63) is 41.7 Å². The van der Waals surface area contributed by atoms with E-state index >= 15 is 0 Å². The zero-order chi connectivity index (χ0) is 21.7. The standard InChI is InChI=1S/C21H29N5O3S2/c27-20(15-30-21-22-19(23-24-21)14-17-6-4-5-7-17)25-10-12-26(13-11-25)31(28,29)16-18-8-2-1-3-9-18/h1-3,8-9,17H,4-7,10-16H2,(H,22,23,24). The summed E-state index contributed by atoms with van der Waals surface area (Å²) in [6.07, 6.45) is 6.05. The monoisotopic (exact) mass is 463 g/mol. The summed E-state index contributed by atoms with van der Waals surface area (Å²) in [7, 11) is -3.38. The molecule has 8 nitrogen and oxygen atoms in total. The van der Waals surface area contributed by atoms with E-state index in [1.54, 1.807) is 4.90 Å². The van der Waals surface area contributed by atoms with Crippen LogP contribution in [0.4, 0.5) is 0 Å². The fraction of sp³-hybridized carbons (Fsp3) is 0.571. The van der Waals surface area contributed by atoms with Crippen molar-refractivity contribution >= 4 is 27.7 Å². The molecule has 0 unspecified atom stereocenters. The maximum Gasteiger partial charge on any atom is 0.233 e. The highest BCUT2D eigenvalue weighted by molar-refractivity contribution is 7.99. The Morgan fingerprint density at radius 2 is 1.81 bits per heavy atom. The minimum Gasteiger partial charge on any atom is -0.339 e. The molecule has 0 atom stereocenters. The van der Waals surface area contributed by atoms with Crippen LogP contribution in [0.5, 0.6) is 0 Å². The number of aromatic nitrogens is 3. The number of benzene rings is 1. The Morgan fingerprint density at radius 1 is 1.10 bits per heavy atom. The molecular weight excluding hydrogens is 434 g/mol. The second-order valence-electron chi connectivity index (χ2n) is 8.23. The highest BCUT2D eigenvalue weighted by Crippen LogP contribution is 2.27. The number of nitrogens with zero attached hydrogens (tertiary/aromatic N) is 4. The van der Waals surface area contributed by atoms with Crippen LogP contribution in [0.1, 0.15) is 37.1 Å². The average molecular weight is 464 g/mol. The first-order valence-corrected chi connectivity index (χ1v) is 13.4. The Bertz CT molecular complexity index is 966. The molecule has 31 heavy (non-hydrogen) atoms. The molecule has 1 aliphatic carbocycles. The summed E-state index contributed by atoms with van der Waals surface area (Å²) in [6.45, 7) is 1.48. The van der Waals surface area contributed by atoms with Gasteiger partial charge in [0.2, 0.25) is 21.1 Å². The molecule has 2 aromatic rings. The third kappa shape index (κ3) is 6.08. The number of sulfonamides is 1. The number of hydrogen-bond donors (Lipinski definition) is 1. The van der Waals surface area contributed by atoms with Crippen LogP contribution < -0.4 is 0 Å².